The van der Waals surface area contributed by atoms with E-state index in [9.17, 15) is 4.79 Å². The van der Waals surface area contributed by atoms with Crippen LogP contribution in [0, 0.1) is 0 Å². The second-order valence-corrected chi connectivity index (χ2v) is 4.82. The maximum absolute atomic E-state index is 12.0. The zero-order valence-corrected chi connectivity index (χ0v) is 13.5. The predicted octanol–water partition coefficient (Wildman–Crippen LogP) is 2.68. The molecule has 0 bridgehead atoms. The van der Waals surface area contributed by atoms with Gasteiger partial charge in [-0.2, -0.15) is 0 Å². The molecule has 0 spiro atoms. The zero-order valence-electron chi connectivity index (χ0n) is 13.5. The van der Waals surface area contributed by atoms with Crippen LogP contribution in [0.2, 0.25) is 0 Å². The summed E-state index contributed by atoms with van der Waals surface area (Å²) in [6, 6.07) is 7.26. The van der Waals surface area contributed by atoms with E-state index in [1.807, 2.05) is 12.1 Å². The van der Waals surface area contributed by atoms with Crippen LogP contribution in [-0.4, -0.2) is 32.2 Å². The molecule has 0 saturated heterocycles. The number of benzene rings is 1. The van der Waals surface area contributed by atoms with Gasteiger partial charge in [-0.3, -0.25) is 9.78 Å². The Kier molecular flexibility index (Phi) is 5.80. The molecule has 1 N–H and O–H groups in total. The van der Waals surface area contributed by atoms with E-state index in [-0.39, 0.29) is 5.91 Å². The van der Waals surface area contributed by atoms with Crippen molar-refractivity contribution in [3.05, 3.63) is 42.2 Å². The van der Waals surface area contributed by atoms with Gasteiger partial charge in [0.2, 0.25) is 11.7 Å². The highest BCUT2D eigenvalue weighted by molar-refractivity contribution is 5.90. The summed E-state index contributed by atoms with van der Waals surface area (Å²) in [5.41, 5.74) is 1.61. The number of nitrogens with zero attached hydrogens (tertiary/aromatic N) is 1. The van der Waals surface area contributed by atoms with E-state index in [0.717, 1.165) is 5.56 Å². The number of amides is 1. The summed E-state index contributed by atoms with van der Waals surface area (Å²) in [6.45, 7) is 0. The van der Waals surface area contributed by atoms with Gasteiger partial charge in [-0.25, -0.2) is 0 Å². The maximum Gasteiger partial charge on any atom is 0.224 e. The van der Waals surface area contributed by atoms with Gasteiger partial charge in [0.1, 0.15) is 0 Å². The molecule has 23 heavy (non-hydrogen) atoms. The molecule has 122 valence electrons. The molecule has 0 fully saturated rings. The lowest BCUT2D eigenvalue weighted by Gasteiger charge is -2.14. The lowest BCUT2D eigenvalue weighted by Crippen LogP contribution is -2.12. The molecule has 0 atom stereocenters. The molecular weight excluding hydrogens is 296 g/mol. The standard InChI is InChI=1S/C17H20N2O4/c1-21-14-9-12(10-15(22-2)17(14)23-3)6-7-16(20)19-13-5-4-8-18-11-13/h4-5,8-11H,6-7H2,1-3H3,(H,19,20). The number of aromatic nitrogens is 1. The van der Waals surface area contributed by atoms with Gasteiger partial charge in [-0.1, -0.05) is 0 Å². The quantitative estimate of drug-likeness (QED) is 0.850. The molecule has 0 saturated carbocycles. The third-order valence-corrected chi connectivity index (χ3v) is 3.31. The summed E-state index contributed by atoms with van der Waals surface area (Å²) < 4.78 is 15.9. The number of rotatable bonds is 7. The fourth-order valence-electron chi connectivity index (χ4n) is 2.20. The van der Waals surface area contributed by atoms with E-state index in [1.54, 1.807) is 45.9 Å². The first-order valence-corrected chi connectivity index (χ1v) is 7.16. The van der Waals surface area contributed by atoms with Crippen LogP contribution in [0.5, 0.6) is 17.2 Å². The van der Waals surface area contributed by atoms with Crippen molar-refractivity contribution in [2.75, 3.05) is 26.6 Å². The van der Waals surface area contributed by atoms with Gasteiger partial charge in [0.15, 0.2) is 11.5 Å². The molecule has 0 aliphatic carbocycles. The lowest BCUT2D eigenvalue weighted by molar-refractivity contribution is -0.116. The Hall–Kier alpha value is -2.76. The van der Waals surface area contributed by atoms with Crippen LogP contribution < -0.4 is 19.5 Å². The number of ether oxygens (including phenoxy) is 3. The molecule has 6 heteroatoms. The normalized spacial score (nSPS) is 10.0. The topological polar surface area (TPSA) is 69.7 Å². The minimum Gasteiger partial charge on any atom is -0.493 e. The molecular formula is C17H20N2O4. The van der Waals surface area contributed by atoms with E-state index in [0.29, 0.717) is 35.8 Å². The van der Waals surface area contributed by atoms with Crippen molar-refractivity contribution in [2.45, 2.75) is 12.8 Å². The maximum atomic E-state index is 12.0. The number of carbonyl (C=O) groups is 1. The van der Waals surface area contributed by atoms with E-state index in [1.165, 1.54) is 0 Å². The van der Waals surface area contributed by atoms with Crippen molar-refractivity contribution in [3.63, 3.8) is 0 Å². The number of hydrogen-bond donors (Lipinski definition) is 1. The number of carbonyl (C=O) groups excluding carboxylic acids is 1. The Morgan fingerprint density at radius 2 is 1.83 bits per heavy atom. The van der Waals surface area contributed by atoms with Crippen molar-refractivity contribution in [2.24, 2.45) is 0 Å². The molecule has 0 radical (unpaired) electrons. The van der Waals surface area contributed by atoms with E-state index < -0.39 is 0 Å². The molecule has 0 unspecified atom stereocenters. The smallest absolute Gasteiger partial charge is 0.224 e. The van der Waals surface area contributed by atoms with Crippen molar-refractivity contribution >= 4 is 11.6 Å². The average Bonchev–Trinajstić information content (AvgIpc) is 2.59. The van der Waals surface area contributed by atoms with Crippen LogP contribution in [0.3, 0.4) is 0 Å². The number of nitrogens with one attached hydrogen (secondary N) is 1. The molecule has 6 nitrogen and oxygen atoms in total. The summed E-state index contributed by atoms with van der Waals surface area (Å²) in [4.78, 5) is 16.0. The minimum absolute atomic E-state index is 0.0771. The summed E-state index contributed by atoms with van der Waals surface area (Å²) >= 11 is 0. The Morgan fingerprint density at radius 1 is 1.13 bits per heavy atom. The van der Waals surface area contributed by atoms with Crippen LogP contribution >= 0.6 is 0 Å². The van der Waals surface area contributed by atoms with Gasteiger partial charge in [0, 0.05) is 12.6 Å². The fourth-order valence-corrected chi connectivity index (χ4v) is 2.20. The van der Waals surface area contributed by atoms with Crippen LogP contribution in [0.25, 0.3) is 0 Å². The third kappa shape index (κ3) is 4.35. The molecule has 0 aliphatic rings. The van der Waals surface area contributed by atoms with Gasteiger partial charge in [-0.15, -0.1) is 0 Å². The van der Waals surface area contributed by atoms with Gasteiger partial charge in [0.25, 0.3) is 0 Å². The number of anilines is 1. The first-order valence-electron chi connectivity index (χ1n) is 7.16. The van der Waals surface area contributed by atoms with Gasteiger partial charge in [-0.05, 0) is 36.2 Å². The molecule has 0 aliphatic heterocycles. The third-order valence-electron chi connectivity index (χ3n) is 3.31. The summed E-state index contributed by atoms with van der Waals surface area (Å²) in [6.07, 6.45) is 4.17. The van der Waals surface area contributed by atoms with Crippen LogP contribution in [0.15, 0.2) is 36.7 Å². The minimum atomic E-state index is -0.0771. The number of aryl methyl sites for hydroxylation is 1. The van der Waals surface area contributed by atoms with E-state index in [4.69, 9.17) is 14.2 Å². The number of hydrogen-bond acceptors (Lipinski definition) is 5. The van der Waals surface area contributed by atoms with Crippen LogP contribution in [0.4, 0.5) is 5.69 Å². The molecule has 1 aromatic heterocycles. The number of pyridine rings is 1. The van der Waals surface area contributed by atoms with Crippen molar-refractivity contribution in [3.8, 4) is 17.2 Å². The van der Waals surface area contributed by atoms with Crippen molar-refractivity contribution in [1.29, 1.82) is 0 Å². The highest BCUT2D eigenvalue weighted by atomic mass is 16.5. The highest BCUT2D eigenvalue weighted by Crippen LogP contribution is 2.38. The Morgan fingerprint density at radius 3 is 2.35 bits per heavy atom. The molecule has 2 aromatic rings. The van der Waals surface area contributed by atoms with Crippen LogP contribution in [0.1, 0.15) is 12.0 Å². The monoisotopic (exact) mass is 316 g/mol. The summed E-state index contributed by atoms with van der Waals surface area (Å²) in [7, 11) is 4.69. The number of methoxy groups -OCH3 is 3. The molecule has 1 aromatic carbocycles. The van der Waals surface area contributed by atoms with E-state index in [2.05, 4.69) is 10.3 Å². The first kappa shape index (κ1) is 16.6. The first-order chi connectivity index (χ1) is 11.2. The summed E-state index contributed by atoms with van der Waals surface area (Å²) in [5.74, 6) is 1.62. The lowest BCUT2D eigenvalue weighted by atomic mass is 10.1. The Balaban J connectivity index is 2.04. The predicted molar refractivity (Wildman–Crippen MR) is 87.3 cm³/mol. The van der Waals surface area contributed by atoms with Crippen molar-refractivity contribution < 1.29 is 19.0 Å². The average molecular weight is 316 g/mol. The van der Waals surface area contributed by atoms with Crippen molar-refractivity contribution in [1.82, 2.24) is 4.98 Å². The van der Waals surface area contributed by atoms with Gasteiger partial charge < -0.3 is 19.5 Å². The van der Waals surface area contributed by atoms with Gasteiger partial charge >= 0.3 is 0 Å². The largest absolute Gasteiger partial charge is 0.493 e. The van der Waals surface area contributed by atoms with Crippen LogP contribution in [-0.2, 0) is 11.2 Å². The van der Waals surface area contributed by atoms with Gasteiger partial charge in [0.05, 0.1) is 33.2 Å². The molecule has 1 heterocycles. The fraction of sp³-hybridized carbons (Fsp3) is 0.294. The van der Waals surface area contributed by atoms with E-state index >= 15 is 0 Å². The second kappa shape index (κ2) is 8.03. The molecule has 1 amide bonds. The Labute approximate surface area is 135 Å². The highest BCUT2D eigenvalue weighted by Gasteiger charge is 2.13. The summed E-state index contributed by atoms with van der Waals surface area (Å²) in [5, 5.41) is 2.80. The Bertz CT molecular complexity index is 634. The second-order valence-electron chi connectivity index (χ2n) is 4.82. The SMILES string of the molecule is COc1cc(CCC(=O)Nc2cccnc2)cc(OC)c1OC. The molecule has 2 rings (SSSR count). The zero-order chi connectivity index (χ0) is 16.7.